The monoisotopic (exact) mass is 222 g/mol. The standard InChI is InChI=1S/C11H18N4O/c1-14(2)11-13-12-10(8-16)15(11)9-6-4-3-5-7-9/h8-9H,3-7H2,1-2H3. The summed E-state index contributed by atoms with van der Waals surface area (Å²) in [5, 5.41) is 8.00. The van der Waals surface area contributed by atoms with Gasteiger partial charge in [0.2, 0.25) is 5.95 Å². The molecule has 0 unspecified atom stereocenters. The van der Waals surface area contributed by atoms with Crippen molar-refractivity contribution in [1.82, 2.24) is 14.8 Å². The molecule has 5 nitrogen and oxygen atoms in total. The molecule has 1 aliphatic carbocycles. The van der Waals surface area contributed by atoms with E-state index in [0.717, 1.165) is 25.1 Å². The molecule has 0 N–H and O–H groups in total. The Morgan fingerprint density at radius 2 is 1.94 bits per heavy atom. The summed E-state index contributed by atoms with van der Waals surface area (Å²) in [5.41, 5.74) is 0. The number of aromatic nitrogens is 3. The van der Waals surface area contributed by atoms with Crippen molar-refractivity contribution in [3.8, 4) is 0 Å². The summed E-state index contributed by atoms with van der Waals surface area (Å²) in [6.45, 7) is 0. The first kappa shape index (κ1) is 11.1. The lowest BCUT2D eigenvalue weighted by molar-refractivity contribution is 0.110. The molecule has 0 spiro atoms. The minimum Gasteiger partial charge on any atom is -0.347 e. The van der Waals surface area contributed by atoms with E-state index < -0.39 is 0 Å². The van der Waals surface area contributed by atoms with Crippen LogP contribution in [0, 0.1) is 0 Å². The number of anilines is 1. The van der Waals surface area contributed by atoms with Crippen molar-refractivity contribution < 1.29 is 4.79 Å². The Bertz CT molecular complexity index is 366. The molecule has 88 valence electrons. The Morgan fingerprint density at radius 1 is 1.25 bits per heavy atom. The molecule has 0 atom stereocenters. The number of hydrogen-bond donors (Lipinski definition) is 0. The van der Waals surface area contributed by atoms with Crippen molar-refractivity contribution in [3.05, 3.63) is 5.82 Å². The number of carbonyl (C=O) groups is 1. The maximum absolute atomic E-state index is 11.0. The zero-order valence-corrected chi connectivity index (χ0v) is 9.89. The summed E-state index contributed by atoms with van der Waals surface area (Å²) in [6.07, 6.45) is 6.81. The third-order valence-electron chi connectivity index (χ3n) is 3.15. The molecule has 0 amide bonds. The van der Waals surface area contributed by atoms with Crippen molar-refractivity contribution in [2.24, 2.45) is 0 Å². The third kappa shape index (κ3) is 1.94. The van der Waals surface area contributed by atoms with Crippen LogP contribution < -0.4 is 4.90 Å². The first-order valence-corrected chi connectivity index (χ1v) is 5.81. The average molecular weight is 222 g/mol. The summed E-state index contributed by atoms with van der Waals surface area (Å²) in [4.78, 5) is 12.9. The third-order valence-corrected chi connectivity index (χ3v) is 3.15. The fourth-order valence-corrected chi connectivity index (χ4v) is 2.37. The molecule has 2 rings (SSSR count). The second-order valence-electron chi connectivity index (χ2n) is 4.53. The van der Waals surface area contributed by atoms with Crippen LogP contribution in [0.15, 0.2) is 0 Å². The predicted octanol–water partition coefficient (Wildman–Crippen LogP) is 1.66. The molecule has 0 bridgehead atoms. The number of aldehydes is 1. The van der Waals surface area contributed by atoms with Crippen LogP contribution in [0.1, 0.15) is 48.8 Å². The number of rotatable bonds is 3. The van der Waals surface area contributed by atoms with Gasteiger partial charge < -0.3 is 4.90 Å². The van der Waals surface area contributed by atoms with Crippen LogP contribution >= 0.6 is 0 Å². The molecule has 16 heavy (non-hydrogen) atoms. The highest BCUT2D eigenvalue weighted by Crippen LogP contribution is 2.31. The van der Waals surface area contributed by atoms with Crippen LogP contribution in [0.3, 0.4) is 0 Å². The Balaban J connectivity index is 2.34. The van der Waals surface area contributed by atoms with E-state index in [-0.39, 0.29) is 0 Å². The zero-order valence-electron chi connectivity index (χ0n) is 9.89. The molecule has 1 aliphatic rings. The van der Waals surface area contributed by atoms with Crippen molar-refractivity contribution >= 4 is 12.2 Å². The van der Waals surface area contributed by atoms with Crippen LogP contribution in [0.5, 0.6) is 0 Å². The van der Waals surface area contributed by atoms with Gasteiger partial charge >= 0.3 is 0 Å². The van der Waals surface area contributed by atoms with E-state index in [2.05, 4.69) is 10.2 Å². The number of nitrogens with zero attached hydrogens (tertiary/aromatic N) is 4. The van der Waals surface area contributed by atoms with Crippen molar-refractivity contribution in [1.29, 1.82) is 0 Å². The van der Waals surface area contributed by atoms with E-state index in [1.807, 2.05) is 23.6 Å². The Labute approximate surface area is 95.5 Å². The highest BCUT2D eigenvalue weighted by atomic mass is 16.1. The maximum Gasteiger partial charge on any atom is 0.227 e. The summed E-state index contributed by atoms with van der Waals surface area (Å²) < 4.78 is 1.99. The minimum absolute atomic E-state index is 0.390. The van der Waals surface area contributed by atoms with Gasteiger partial charge in [0.1, 0.15) is 0 Å². The average Bonchev–Trinajstić information content (AvgIpc) is 2.73. The summed E-state index contributed by atoms with van der Waals surface area (Å²) >= 11 is 0. The van der Waals surface area contributed by atoms with Gasteiger partial charge in [-0.15, -0.1) is 10.2 Å². The van der Waals surface area contributed by atoms with Gasteiger partial charge in [-0.2, -0.15) is 0 Å². The van der Waals surface area contributed by atoms with E-state index in [1.165, 1.54) is 19.3 Å². The van der Waals surface area contributed by atoms with E-state index in [4.69, 9.17) is 0 Å². The van der Waals surface area contributed by atoms with Gasteiger partial charge in [-0.1, -0.05) is 19.3 Å². The Morgan fingerprint density at radius 3 is 2.50 bits per heavy atom. The van der Waals surface area contributed by atoms with Gasteiger partial charge in [0.25, 0.3) is 0 Å². The molecular formula is C11H18N4O. The number of carbonyl (C=O) groups excluding carboxylic acids is 1. The fraction of sp³-hybridized carbons (Fsp3) is 0.727. The molecule has 1 aromatic rings. The topological polar surface area (TPSA) is 51.0 Å². The van der Waals surface area contributed by atoms with Crippen LogP contribution in [-0.2, 0) is 0 Å². The smallest absolute Gasteiger partial charge is 0.227 e. The molecule has 0 aromatic carbocycles. The summed E-state index contributed by atoms with van der Waals surface area (Å²) in [7, 11) is 3.86. The molecule has 5 heteroatoms. The lowest BCUT2D eigenvalue weighted by atomic mass is 9.95. The van der Waals surface area contributed by atoms with Crippen LogP contribution in [0.2, 0.25) is 0 Å². The van der Waals surface area contributed by atoms with Gasteiger partial charge in [-0.3, -0.25) is 9.36 Å². The molecular weight excluding hydrogens is 204 g/mol. The van der Waals surface area contributed by atoms with E-state index in [0.29, 0.717) is 11.9 Å². The first-order chi connectivity index (χ1) is 7.74. The molecule has 0 aliphatic heterocycles. The van der Waals surface area contributed by atoms with Crippen LogP contribution in [0.4, 0.5) is 5.95 Å². The van der Waals surface area contributed by atoms with Gasteiger partial charge in [-0.05, 0) is 12.8 Å². The van der Waals surface area contributed by atoms with Crippen molar-refractivity contribution in [2.45, 2.75) is 38.1 Å². The molecule has 1 saturated carbocycles. The first-order valence-electron chi connectivity index (χ1n) is 5.81. The quantitative estimate of drug-likeness (QED) is 0.730. The van der Waals surface area contributed by atoms with Crippen molar-refractivity contribution in [2.75, 3.05) is 19.0 Å². The van der Waals surface area contributed by atoms with Gasteiger partial charge in [0.15, 0.2) is 12.1 Å². The lowest BCUT2D eigenvalue weighted by Crippen LogP contribution is -2.21. The predicted molar refractivity (Wildman–Crippen MR) is 61.9 cm³/mol. The van der Waals surface area contributed by atoms with E-state index >= 15 is 0 Å². The zero-order chi connectivity index (χ0) is 11.5. The summed E-state index contributed by atoms with van der Waals surface area (Å²) in [6, 6.07) is 0.390. The van der Waals surface area contributed by atoms with E-state index in [9.17, 15) is 4.79 Å². The molecule has 1 aromatic heterocycles. The van der Waals surface area contributed by atoms with Crippen LogP contribution in [0.25, 0.3) is 0 Å². The van der Waals surface area contributed by atoms with E-state index in [1.54, 1.807) is 0 Å². The Hall–Kier alpha value is -1.39. The Kier molecular flexibility index (Phi) is 3.22. The largest absolute Gasteiger partial charge is 0.347 e. The second-order valence-corrected chi connectivity index (χ2v) is 4.53. The lowest BCUT2D eigenvalue weighted by Gasteiger charge is -2.26. The molecule has 1 heterocycles. The van der Waals surface area contributed by atoms with Gasteiger partial charge in [-0.25, -0.2) is 0 Å². The second kappa shape index (κ2) is 4.63. The SMILES string of the molecule is CN(C)c1nnc(C=O)n1C1CCCCC1. The number of hydrogen-bond acceptors (Lipinski definition) is 4. The molecule has 1 fully saturated rings. The summed E-state index contributed by atoms with van der Waals surface area (Å²) in [5.74, 6) is 1.24. The molecule has 0 saturated heterocycles. The van der Waals surface area contributed by atoms with Gasteiger partial charge in [0, 0.05) is 20.1 Å². The van der Waals surface area contributed by atoms with Crippen LogP contribution in [-0.4, -0.2) is 35.1 Å². The van der Waals surface area contributed by atoms with Crippen molar-refractivity contribution in [3.63, 3.8) is 0 Å². The van der Waals surface area contributed by atoms with Gasteiger partial charge in [0.05, 0.1) is 0 Å². The highest BCUT2D eigenvalue weighted by molar-refractivity contribution is 5.70. The molecule has 0 radical (unpaired) electrons. The highest BCUT2D eigenvalue weighted by Gasteiger charge is 2.23. The minimum atomic E-state index is 0.390. The normalized spacial score (nSPS) is 17.4. The maximum atomic E-state index is 11.0. The fourth-order valence-electron chi connectivity index (χ4n) is 2.37.